The summed E-state index contributed by atoms with van der Waals surface area (Å²) < 4.78 is 0. The Bertz CT molecular complexity index is 438. The molecule has 1 heterocycles. The van der Waals surface area contributed by atoms with Gasteiger partial charge in [0.15, 0.2) is 0 Å². The van der Waals surface area contributed by atoms with Gasteiger partial charge in [0.05, 0.1) is 18.1 Å². The molecule has 4 atom stereocenters. The average Bonchev–Trinajstić information content (AvgIpc) is 2.80. The zero-order chi connectivity index (χ0) is 14.7. The molecule has 0 aromatic heterocycles. The summed E-state index contributed by atoms with van der Waals surface area (Å²) in [5.74, 6) is 0.0136. The number of carbonyl (C=O) groups excluding carboxylic acids is 1. The lowest BCUT2D eigenvalue weighted by molar-refractivity contribution is -0.133. The summed E-state index contributed by atoms with van der Waals surface area (Å²) in [6.45, 7) is 4.58. The Kier molecular flexibility index (Phi) is 4.78. The summed E-state index contributed by atoms with van der Waals surface area (Å²) >= 11 is 0. The number of amides is 1. The molecule has 2 unspecified atom stereocenters. The monoisotopic (exact) mass is 277 g/mol. The van der Waals surface area contributed by atoms with Gasteiger partial charge in [-0.15, -0.1) is 0 Å². The fourth-order valence-electron chi connectivity index (χ4n) is 2.76. The third kappa shape index (κ3) is 3.02. The normalized spacial score (nSPS) is 25.5. The quantitative estimate of drug-likeness (QED) is 0.874. The van der Waals surface area contributed by atoms with Crippen LogP contribution in [0, 0.1) is 5.92 Å². The summed E-state index contributed by atoms with van der Waals surface area (Å²) in [6.07, 6.45) is -0.746. The topological polar surface area (TPSA) is 60.8 Å². The number of benzene rings is 1. The highest BCUT2D eigenvalue weighted by Crippen LogP contribution is 2.30. The van der Waals surface area contributed by atoms with Crippen molar-refractivity contribution in [3.8, 4) is 0 Å². The van der Waals surface area contributed by atoms with Gasteiger partial charge in [0, 0.05) is 13.1 Å². The Hall–Kier alpha value is -1.39. The number of likely N-dealkylation sites (tertiary alicyclic amines) is 1. The largest absolute Gasteiger partial charge is 0.388 e. The molecule has 0 spiro atoms. The Morgan fingerprint density at radius 1 is 1.25 bits per heavy atom. The lowest BCUT2D eigenvalue weighted by Crippen LogP contribution is -2.36. The first-order valence-corrected chi connectivity index (χ1v) is 7.24. The zero-order valence-corrected chi connectivity index (χ0v) is 12.1. The van der Waals surface area contributed by atoms with E-state index >= 15 is 0 Å². The van der Waals surface area contributed by atoms with E-state index in [2.05, 4.69) is 13.8 Å². The minimum absolute atomic E-state index is 0.00106. The summed E-state index contributed by atoms with van der Waals surface area (Å²) in [4.78, 5) is 14.3. The molecule has 1 amide bonds. The number of hydrogen-bond donors (Lipinski definition) is 2. The van der Waals surface area contributed by atoms with Crippen molar-refractivity contribution in [2.75, 3.05) is 13.1 Å². The highest BCUT2D eigenvalue weighted by molar-refractivity contribution is 5.84. The number of carbonyl (C=O) groups is 1. The van der Waals surface area contributed by atoms with Crippen molar-refractivity contribution in [2.45, 2.75) is 38.4 Å². The molecule has 1 aromatic rings. The number of rotatable bonds is 4. The van der Waals surface area contributed by atoms with Gasteiger partial charge in [0.1, 0.15) is 0 Å². The summed E-state index contributed by atoms with van der Waals surface area (Å²) in [5.41, 5.74) is 1.00. The third-order valence-electron chi connectivity index (χ3n) is 4.21. The predicted octanol–water partition coefficient (Wildman–Crippen LogP) is 1.38. The van der Waals surface area contributed by atoms with E-state index in [1.165, 1.54) is 0 Å². The number of aliphatic hydroxyl groups is 2. The fourth-order valence-corrected chi connectivity index (χ4v) is 2.76. The highest BCUT2D eigenvalue weighted by Gasteiger charge is 2.37. The van der Waals surface area contributed by atoms with Crippen LogP contribution in [0.2, 0.25) is 0 Å². The van der Waals surface area contributed by atoms with Crippen molar-refractivity contribution < 1.29 is 15.0 Å². The zero-order valence-electron chi connectivity index (χ0n) is 12.1. The molecule has 0 saturated carbocycles. The van der Waals surface area contributed by atoms with Gasteiger partial charge in [-0.05, 0) is 11.5 Å². The van der Waals surface area contributed by atoms with Crippen molar-refractivity contribution in [1.82, 2.24) is 4.90 Å². The van der Waals surface area contributed by atoms with E-state index in [0.717, 1.165) is 12.0 Å². The standard InChI is InChI=1S/C16H23NO3/c1-3-11(2)15(12-7-5-4-6-8-12)16(20)17-9-13(18)14(19)10-17/h4-8,11,13-15,18-19H,3,9-10H2,1-2H3/t11?,13-,14+,15?. The van der Waals surface area contributed by atoms with Crippen molar-refractivity contribution in [3.05, 3.63) is 35.9 Å². The molecule has 0 radical (unpaired) electrons. The lowest BCUT2D eigenvalue weighted by Gasteiger charge is -2.27. The first kappa shape index (κ1) is 15.0. The van der Waals surface area contributed by atoms with Crippen molar-refractivity contribution >= 4 is 5.91 Å². The van der Waals surface area contributed by atoms with Gasteiger partial charge in [-0.25, -0.2) is 0 Å². The second kappa shape index (κ2) is 6.37. The maximum atomic E-state index is 12.7. The number of hydrogen-bond acceptors (Lipinski definition) is 3. The van der Waals surface area contributed by atoms with E-state index in [1.807, 2.05) is 30.3 Å². The number of β-amino-alcohol motifs (C(OH)–C–C–N with tert-alkyl or cyclic N) is 2. The molecule has 0 aliphatic carbocycles. The van der Waals surface area contributed by atoms with Gasteiger partial charge in [-0.3, -0.25) is 4.79 Å². The summed E-state index contributed by atoms with van der Waals surface area (Å²) in [7, 11) is 0. The van der Waals surface area contributed by atoms with Crippen LogP contribution in [-0.4, -0.2) is 46.3 Å². The molecule has 20 heavy (non-hydrogen) atoms. The average molecular weight is 277 g/mol. The van der Waals surface area contributed by atoms with Crippen LogP contribution in [0.4, 0.5) is 0 Å². The van der Waals surface area contributed by atoms with Gasteiger partial charge >= 0.3 is 0 Å². The van der Waals surface area contributed by atoms with E-state index in [1.54, 1.807) is 4.90 Å². The van der Waals surface area contributed by atoms with E-state index in [4.69, 9.17) is 0 Å². The van der Waals surface area contributed by atoms with Crippen molar-refractivity contribution in [3.63, 3.8) is 0 Å². The molecule has 4 heteroatoms. The van der Waals surface area contributed by atoms with Gasteiger partial charge < -0.3 is 15.1 Å². The van der Waals surface area contributed by atoms with Crippen molar-refractivity contribution in [2.24, 2.45) is 5.92 Å². The maximum absolute atomic E-state index is 12.7. The minimum Gasteiger partial charge on any atom is -0.388 e. The number of nitrogens with zero attached hydrogens (tertiary/aromatic N) is 1. The van der Waals surface area contributed by atoms with Gasteiger partial charge in [0.25, 0.3) is 0 Å². The van der Waals surface area contributed by atoms with Crippen molar-refractivity contribution in [1.29, 1.82) is 0 Å². The van der Waals surface area contributed by atoms with Crippen LogP contribution < -0.4 is 0 Å². The van der Waals surface area contributed by atoms with Crippen LogP contribution in [0.5, 0.6) is 0 Å². The molecule has 1 aliphatic heterocycles. The first-order valence-electron chi connectivity index (χ1n) is 7.24. The first-order chi connectivity index (χ1) is 9.54. The van der Waals surface area contributed by atoms with Crippen LogP contribution in [0.25, 0.3) is 0 Å². The second-order valence-corrected chi connectivity index (χ2v) is 5.65. The summed E-state index contributed by atoms with van der Waals surface area (Å²) in [6, 6.07) is 9.75. The number of aliphatic hydroxyl groups excluding tert-OH is 2. The third-order valence-corrected chi connectivity index (χ3v) is 4.21. The molecule has 1 aromatic carbocycles. The van der Waals surface area contributed by atoms with Crippen LogP contribution in [-0.2, 0) is 4.79 Å². The molecule has 1 aliphatic rings. The molecule has 2 N–H and O–H groups in total. The van der Waals surface area contributed by atoms with Crippen LogP contribution in [0.3, 0.4) is 0 Å². The molecule has 2 rings (SSSR count). The minimum atomic E-state index is -0.827. The Balaban J connectivity index is 2.22. The smallest absolute Gasteiger partial charge is 0.230 e. The van der Waals surface area contributed by atoms with Crippen LogP contribution in [0.1, 0.15) is 31.7 Å². The second-order valence-electron chi connectivity index (χ2n) is 5.65. The SMILES string of the molecule is CCC(C)C(C(=O)N1C[C@@H](O)[C@@H](O)C1)c1ccccc1. The fraction of sp³-hybridized carbons (Fsp3) is 0.562. The van der Waals surface area contributed by atoms with E-state index < -0.39 is 12.2 Å². The van der Waals surface area contributed by atoms with Crippen LogP contribution >= 0.6 is 0 Å². The maximum Gasteiger partial charge on any atom is 0.230 e. The molecular weight excluding hydrogens is 254 g/mol. The van der Waals surface area contributed by atoms with Crippen LogP contribution in [0.15, 0.2) is 30.3 Å². The molecular formula is C16H23NO3. The summed E-state index contributed by atoms with van der Waals surface area (Å²) in [5, 5.41) is 19.2. The predicted molar refractivity (Wildman–Crippen MR) is 77.2 cm³/mol. The Morgan fingerprint density at radius 3 is 2.30 bits per heavy atom. The Morgan fingerprint density at radius 2 is 1.80 bits per heavy atom. The lowest BCUT2D eigenvalue weighted by atomic mass is 9.84. The Labute approximate surface area is 120 Å². The van der Waals surface area contributed by atoms with Gasteiger partial charge in [0.2, 0.25) is 5.91 Å². The van der Waals surface area contributed by atoms with Gasteiger partial charge in [-0.1, -0.05) is 50.6 Å². The molecule has 110 valence electrons. The molecule has 4 nitrogen and oxygen atoms in total. The highest BCUT2D eigenvalue weighted by atomic mass is 16.3. The van der Waals surface area contributed by atoms with Gasteiger partial charge in [-0.2, -0.15) is 0 Å². The van der Waals surface area contributed by atoms with E-state index in [0.29, 0.717) is 0 Å². The van der Waals surface area contributed by atoms with E-state index in [9.17, 15) is 15.0 Å². The van der Waals surface area contributed by atoms with E-state index in [-0.39, 0.29) is 30.8 Å². The molecule has 1 saturated heterocycles. The molecule has 1 fully saturated rings. The molecule has 0 bridgehead atoms.